The van der Waals surface area contributed by atoms with Crippen LogP contribution in [0.2, 0.25) is 0 Å². The van der Waals surface area contributed by atoms with Crippen molar-refractivity contribution in [2.75, 3.05) is 0 Å². The van der Waals surface area contributed by atoms with E-state index in [-0.39, 0.29) is 5.63 Å². The molecule has 0 bridgehead atoms. The molecule has 0 saturated heterocycles. The molecular weight excluding hydrogens is 188 g/mol. The van der Waals surface area contributed by atoms with Crippen LogP contribution in [0.3, 0.4) is 0 Å². The fourth-order valence-electron chi connectivity index (χ4n) is 1.68. The van der Waals surface area contributed by atoms with Crippen molar-refractivity contribution in [3.05, 3.63) is 34.4 Å². The van der Waals surface area contributed by atoms with Crippen LogP contribution in [0, 0.1) is 0 Å². The molecule has 0 N–H and O–H groups in total. The highest BCUT2D eigenvalue weighted by Crippen LogP contribution is 2.07. The standard InChI is InChI=1S/C13H20O2/c1-2-3-4-5-6-7-9-12-10-8-11-15-13(12)14/h8,10-11H,2-7,9H2,1H3. The Morgan fingerprint density at radius 2 is 1.87 bits per heavy atom. The number of rotatable bonds is 7. The minimum absolute atomic E-state index is 0.175. The fraction of sp³-hybridized carbons (Fsp3) is 0.615. The van der Waals surface area contributed by atoms with Crippen molar-refractivity contribution in [3.63, 3.8) is 0 Å². The normalized spacial score (nSPS) is 10.5. The summed E-state index contributed by atoms with van der Waals surface area (Å²) in [4.78, 5) is 11.2. The number of aryl methyl sites for hydroxylation is 1. The second-order valence-corrected chi connectivity index (χ2v) is 3.94. The van der Waals surface area contributed by atoms with Crippen molar-refractivity contribution >= 4 is 0 Å². The van der Waals surface area contributed by atoms with Crippen molar-refractivity contribution in [3.8, 4) is 0 Å². The van der Waals surface area contributed by atoms with E-state index in [1.54, 1.807) is 6.07 Å². The molecule has 1 aromatic rings. The highest BCUT2D eigenvalue weighted by molar-refractivity contribution is 5.06. The van der Waals surface area contributed by atoms with E-state index >= 15 is 0 Å². The Bertz CT molecular complexity index is 314. The maximum Gasteiger partial charge on any atom is 0.338 e. The van der Waals surface area contributed by atoms with Gasteiger partial charge in [-0.2, -0.15) is 0 Å². The van der Waals surface area contributed by atoms with Gasteiger partial charge in [0.15, 0.2) is 0 Å². The van der Waals surface area contributed by atoms with Gasteiger partial charge in [0.05, 0.1) is 6.26 Å². The molecule has 2 nitrogen and oxygen atoms in total. The van der Waals surface area contributed by atoms with Gasteiger partial charge < -0.3 is 4.42 Å². The van der Waals surface area contributed by atoms with Gasteiger partial charge >= 0.3 is 5.63 Å². The molecule has 0 saturated carbocycles. The number of hydrogen-bond donors (Lipinski definition) is 0. The molecule has 0 spiro atoms. The first-order chi connectivity index (χ1) is 7.34. The first kappa shape index (κ1) is 12.0. The SMILES string of the molecule is CCCCCCCCc1cccoc1=O. The predicted molar refractivity (Wildman–Crippen MR) is 62.1 cm³/mol. The Morgan fingerprint density at radius 1 is 1.13 bits per heavy atom. The third-order valence-corrected chi connectivity index (χ3v) is 2.61. The van der Waals surface area contributed by atoms with Gasteiger partial charge in [0.1, 0.15) is 0 Å². The zero-order valence-electron chi connectivity index (χ0n) is 9.50. The molecule has 0 amide bonds. The Kier molecular flexibility index (Phi) is 5.83. The van der Waals surface area contributed by atoms with Crippen molar-refractivity contribution in [1.82, 2.24) is 0 Å². The average molecular weight is 208 g/mol. The maximum absolute atomic E-state index is 11.2. The van der Waals surface area contributed by atoms with Crippen LogP contribution < -0.4 is 5.63 Å². The smallest absolute Gasteiger partial charge is 0.338 e. The minimum atomic E-state index is -0.175. The first-order valence-electron chi connectivity index (χ1n) is 5.91. The van der Waals surface area contributed by atoms with Crippen LogP contribution >= 0.6 is 0 Å². The third-order valence-electron chi connectivity index (χ3n) is 2.61. The summed E-state index contributed by atoms with van der Waals surface area (Å²) >= 11 is 0. The summed E-state index contributed by atoms with van der Waals surface area (Å²) in [5, 5.41) is 0. The van der Waals surface area contributed by atoms with E-state index < -0.39 is 0 Å². The topological polar surface area (TPSA) is 30.2 Å². The van der Waals surface area contributed by atoms with Crippen molar-refractivity contribution in [2.24, 2.45) is 0 Å². The summed E-state index contributed by atoms with van der Waals surface area (Å²) in [5.41, 5.74) is 0.638. The highest BCUT2D eigenvalue weighted by atomic mass is 16.4. The van der Waals surface area contributed by atoms with Crippen molar-refractivity contribution in [2.45, 2.75) is 51.9 Å². The Labute approximate surface area is 91.3 Å². The Morgan fingerprint density at radius 3 is 2.60 bits per heavy atom. The van der Waals surface area contributed by atoms with Crippen LogP contribution in [0.5, 0.6) is 0 Å². The first-order valence-corrected chi connectivity index (χ1v) is 5.91. The fourth-order valence-corrected chi connectivity index (χ4v) is 1.68. The summed E-state index contributed by atoms with van der Waals surface area (Å²) in [7, 11) is 0. The molecule has 0 aliphatic heterocycles. The van der Waals surface area contributed by atoms with E-state index in [1.165, 1.54) is 38.4 Å². The summed E-state index contributed by atoms with van der Waals surface area (Å²) in [6, 6.07) is 3.64. The van der Waals surface area contributed by atoms with E-state index in [0.29, 0.717) is 0 Å². The van der Waals surface area contributed by atoms with Gasteiger partial charge in [-0.3, -0.25) is 0 Å². The molecule has 1 rings (SSSR count). The second kappa shape index (κ2) is 7.27. The van der Waals surface area contributed by atoms with E-state index in [9.17, 15) is 4.79 Å². The van der Waals surface area contributed by atoms with Crippen LogP contribution in [0.25, 0.3) is 0 Å². The van der Waals surface area contributed by atoms with Gasteiger partial charge in [0, 0.05) is 5.56 Å². The van der Waals surface area contributed by atoms with Crippen LogP contribution in [0.15, 0.2) is 27.6 Å². The Hall–Kier alpha value is -1.05. The highest BCUT2D eigenvalue weighted by Gasteiger charge is 1.99. The molecule has 0 fully saturated rings. The minimum Gasteiger partial charge on any atom is -0.431 e. The van der Waals surface area contributed by atoms with E-state index in [0.717, 1.165) is 18.4 Å². The maximum atomic E-state index is 11.2. The monoisotopic (exact) mass is 208 g/mol. The number of unbranched alkanes of at least 4 members (excludes halogenated alkanes) is 5. The number of hydrogen-bond acceptors (Lipinski definition) is 2. The molecule has 0 aromatic carbocycles. The van der Waals surface area contributed by atoms with Gasteiger partial charge in [-0.25, -0.2) is 4.79 Å². The molecule has 0 radical (unpaired) electrons. The van der Waals surface area contributed by atoms with Crippen LogP contribution in [0.4, 0.5) is 0 Å². The third kappa shape index (κ3) is 4.82. The summed E-state index contributed by atoms with van der Waals surface area (Å²) in [6.07, 6.45) is 9.82. The molecule has 15 heavy (non-hydrogen) atoms. The molecule has 0 unspecified atom stereocenters. The molecule has 1 aromatic heterocycles. The molecule has 0 aliphatic carbocycles. The molecular formula is C13H20O2. The summed E-state index contributed by atoms with van der Waals surface area (Å²) < 4.78 is 4.80. The lowest BCUT2D eigenvalue weighted by Crippen LogP contribution is -2.05. The second-order valence-electron chi connectivity index (χ2n) is 3.94. The van der Waals surface area contributed by atoms with Crippen molar-refractivity contribution < 1.29 is 4.42 Å². The predicted octanol–water partition coefficient (Wildman–Crippen LogP) is 3.54. The molecule has 84 valence electrons. The van der Waals surface area contributed by atoms with Gasteiger partial charge in [-0.1, -0.05) is 39.0 Å². The van der Waals surface area contributed by atoms with Gasteiger partial charge in [-0.15, -0.1) is 0 Å². The molecule has 0 aliphatic rings. The van der Waals surface area contributed by atoms with Gasteiger partial charge in [0.2, 0.25) is 0 Å². The van der Waals surface area contributed by atoms with Gasteiger partial charge in [-0.05, 0) is 25.0 Å². The molecule has 2 heteroatoms. The summed E-state index contributed by atoms with van der Waals surface area (Å²) in [5.74, 6) is 0. The lowest BCUT2D eigenvalue weighted by Gasteiger charge is -2.00. The van der Waals surface area contributed by atoms with Crippen LogP contribution in [-0.2, 0) is 6.42 Å². The van der Waals surface area contributed by atoms with Crippen LogP contribution in [0.1, 0.15) is 51.0 Å². The zero-order chi connectivity index (χ0) is 10.9. The van der Waals surface area contributed by atoms with E-state index in [1.807, 2.05) is 6.07 Å². The lowest BCUT2D eigenvalue weighted by molar-refractivity contribution is 0.497. The van der Waals surface area contributed by atoms with Gasteiger partial charge in [0.25, 0.3) is 0 Å². The van der Waals surface area contributed by atoms with Crippen LogP contribution in [-0.4, -0.2) is 0 Å². The average Bonchev–Trinajstić information content (AvgIpc) is 2.25. The molecule has 0 atom stereocenters. The van der Waals surface area contributed by atoms with Crippen molar-refractivity contribution in [1.29, 1.82) is 0 Å². The molecule has 1 heterocycles. The summed E-state index contributed by atoms with van der Waals surface area (Å²) in [6.45, 7) is 2.22. The largest absolute Gasteiger partial charge is 0.431 e. The quantitative estimate of drug-likeness (QED) is 0.641. The van der Waals surface area contributed by atoms with E-state index in [2.05, 4.69) is 6.92 Å². The Balaban J connectivity index is 2.15. The van der Waals surface area contributed by atoms with E-state index in [4.69, 9.17) is 4.42 Å². The lowest BCUT2D eigenvalue weighted by atomic mass is 10.1. The zero-order valence-corrected chi connectivity index (χ0v) is 9.50.